The molecule has 7 nitrogen and oxygen atoms in total. The zero-order chi connectivity index (χ0) is 25.4. The van der Waals surface area contributed by atoms with Crippen molar-refractivity contribution >= 4 is 45.6 Å². The standard InChI is InChI=1S/C25H19F2N5O2S2/c1-13-6-7-14(23(34)31-24-28-10-11-36-24)12-16(13)20-15-8-9-19(33)32(22(15)30-25(29-20)35-2)21-17(26)4-3-5-18(21)27/h3-9,12H,10-11H2,1-2H3,(H,28,31,34). The van der Waals surface area contributed by atoms with E-state index in [4.69, 9.17) is 0 Å². The number of carbonyl (C=O) groups is 1. The number of pyridine rings is 1. The molecule has 0 radical (unpaired) electrons. The maximum absolute atomic E-state index is 14.7. The molecule has 4 aromatic rings. The molecule has 0 spiro atoms. The predicted octanol–water partition coefficient (Wildman–Crippen LogP) is 4.59. The van der Waals surface area contributed by atoms with Crippen LogP contribution in [0, 0.1) is 18.6 Å². The molecule has 0 unspecified atom stereocenters. The molecule has 0 atom stereocenters. The third kappa shape index (κ3) is 4.40. The molecule has 0 bridgehead atoms. The fourth-order valence-corrected chi connectivity index (χ4v) is 4.99. The van der Waals surface area contributed by atoms with Gasteiger partial charge < -0.3 is 5.32 Å². The summed E-state index contributed by atoms with van der Waals surface area (Å²) in [5.41, 5.74) is 1.21. The third-order valence-corrected chi connectivity index (χ3v) is 7.07. The second-order valence-electron chi connectivity index (χ2n) is 7.89. The maximum Gasteiger partial charge on any atom is 0.257 e. The van der Waals surface area contributed by atoms with Gasteiger partial charge in [-0.25, -0.2) is 18.7 Å². The van der Waals surface area contributed by atoms with Gasteiger partial charge in [0.25, 0.3) is 11.5 Å². The molecule has 11 heteroatoms. The molecule has 1 amide bonds. The minimum atomic E-state index is -0.891. The number of halogens is 2. The quantitative estimate of drug-likeness (QED) is 0.311. The topological polar surface area (TPSA) is 89.2 Å². The van der Waals surface area contributed by atoms with Crippen molar-refractivity contribution in [1.29, 1.82) is 0 Å². The second-order valence-corrected chi connectivity index (χ2v) is 9.75. The van der Waals surface area contributed by atoms with Gasteiger partial charge >= 0.3 is 0 Å². The summed E-state index contributed by atoms with van der Waals surface area (Å²) in [6, 6.07) is 11.4. The van der Waals surface area contributed by atoms with E-state index in [2.05, 4.69) is 20.3 Å². The highest BCUT2D eigenvalue weighted by atomic mass is 32.2. The van der Waals surface area contributed by atoms with E-state index in [0.717, 1.165) is 28.0 Å². The number of rotatable bonds is 4. The van der Waals surface area contributed by atoms with Crippen LogP contribution in [0.3, 0.4) is 0 Å². The first-order valence-electron chi connectivity index (χ1n) is 10.9. The third-order valence-electron chi connectivity index (χ3n) is 5.63. The van der Waals surface area contributed by atoms with Gasteiger partial charge in [-0.2, -0.15) is 0 Å². The Balaban J connectivity index is 1.73. The van der Waals surface area contributed by atoms with Crippen LogP contribution in [0.2, 0.25) is 0 Å². The molecule has 1 N–H and O–H groups in total. The van der Waals surface area contributed by atoms with Crippen molar-refractivity contribution in [3.63, 3.8) is 0 Å². The average Bonchev–Trinajstić information content (AvgIpc) is 3.37. The van der Waals surface area contributed by atoms with Crippen LogP contribution in [0.15, 0.2) is 63.5 Å². The first-order valence-corrected chi connectivity index (χ1v) is 13.1. The van der Waals surface area contributed by atoms with E-state index in [0.29, 0.717) is 39.1 Å². The molecule has 3 heterocycles. The van der Waals surface area contributed by atoms with Gasteiger partial charge in [-0.15, -0.1) is 0 Å². The molecule has 0 saturated carbocycles. The zero-order valence-corrected chi connectivity index (χ0v) is 20.8. The number of para-hydroxylation sites is 1. The minimum Gasteiger partial charge on any atom is -0.301 e. The highest BCUT2D eigenvalue weighted by molar-refractivity contribution is 8.14. The Morgan fingerprint density at radius 2 is 1.89 bits per heavy atom. The van der Waals surface area contributed by atoms with Crippen LogP contribution < -0.4 is 10.9 Å². The zero-order valence-electron chi connectivity index (χ0n) is 19.2. The molecule has 2 aromatic heterocycles. The second kappa shape index (κ2) is 9.82. The summed E-state index contributed by atoms with van der Waals surface area (Å²) in [6.45, 7) is 2.53. The Hall–Kier alpha value is -3.57. The fourth-order valence-electron chi connectivity index (χ4n) is 3.91. The molecular formula is C25H19F2N5O2S2. The van der Waals surface area contributed by atoms with Gasteiger partial charge in [0.1, 0.15) is 17.3 Å². The van der Waals surface area contributed by atoms with E-state index < -0.39 is 22.9 Å². The normalized spacial score (nSPS) is 13.2. The van der Waals surface area contributed by atoms with Gasteiger partial charge in [-0.3, -0.25) is 19.1 Å². The summed E-state index contributed by atoms with van der Waals surface area (Å²) < 4.78 is 30.4. The summed E-state index contributed by atoms with van der Waals surface area (Å²) in [7, 11) is 0. The molecule has 0 fully saturated rings. The fraction of sp³-hybridized carbons (Fsp3) is 0.160. The van der Waals surface area contributed by atoms with Crippen molar-refractivity contribution in [2.45, 2.75) is 12.1 Å². The van der Waals surface area contributed by atoms with E-state index in [1.165, 1.54) is 41.7 Å². The SMILES string of the molecule is CSc1nc(-c2cc(C(=O)NC3=NCCS3)ccc2C)c2ccc(=O)n(-c3c(F)cccc3F)c2n1. The molecule has 182 valence electrons. The Labute approximate surface area is 213 Å². The number of amides is 1. The lowest BCUT2D eigenvalue weighted by atomic mass is 9.99. The number of thioether (sulfide) groups is 2. The van der Waals surface area contributed by atoms with Crippen molar-refractivity contribution in [3.05, 3.63) is 81.6 Å². The molecule has 0 saturated heterocycles. The van der Waals surface area contributed by atoms with Crippen molar-refractivity contribution in [2.24, 2.45) is 4.99 Å². The predicted molar refractivity (Wildman–Crippen MR) is 139 cm³/mol. The number of hydrogen-bond donors (Lipinski definition) is 1. The van der Waals surface area contributed by atoms with E-state index in [-0.39, 0.29) is 11.6 Å². The van der Waals surface area contributed by atoms with Crippen LogP contribution in [0.1, 0.15) is 15.9 Å². The lowest BCUT2D eigenvalue weighted by Gasteiger charge is -2.15. The van der Waals surface area contributed by atoms with E-state index in [9.17, 15) is 18.4 Å². The molecule has 1 aliphatic heterocycles. The van der Waals surface area contributed by atoms with Crippen molar-refractivity contribution in [1.82, 2.24) is 19.9 Å². The molecule has 0 aliphatic carbocycles. The number of aryl methyl sites for hydroxylation is 1. The lowest BCUT2D eigenvalue weighted by Crippen LogP contribution is -2.27. The van der Waals surface area contributed by atoms with Gasteiger partial charge in [-0.1, -0.05) is 35.7 Å². The Morgan fingerprint density at radius 1 is 1.11 bits per heavy atom. The number of nitrogens with zero attached hydrogens (tertiary/aromatic N) is 4. The molecular weight excluding hydrogens is 504 g/mol. The largest absolute Gasteiger partial charge is 0.301 e. The van der Waals surface area contributed by atoms with Gasteiger partial charge in [0.2, 0.25) is 0 Å². The van der Waals surface area contributed by atoms with Crippen molar-refractivity contribution in [3.8, 4) is 16.9 Å². The van der Waals surface area contributed by atoms with Gasteiger partial charge in [0, 0.05) is 28.3 Å². The summed E-state index contributed by atoms with van der Waals surface area (Å²) in [5, 5.41) is 4.10. The van der Waals surface area contributed by atoms with Crippen LogP contribution in [0.25, 0.3) is 28.0 Å². The first kappa shape index (κ1) is 24.1. The number of aromatic nitrogens is 3. The van der Waals surface area contributed by atoms with E-state index in [1.54, 1.807) is 24.5 Å². The van der Waals surface area contributed by atoms with Crippen LogP contribution >= 0.6 is 23.5 Å². The van der Waals surface area contributed by atoms with Crippen LogP contribution in [-0.2, 0) is 0 Å². The number of amidine groups is 1. The summed E-state index contributed by atoms with van der Waals surface area (Å²) in [6.07, 6.45) is 1.76. The highest BCUT2D eigenvalue weighted by Crippen LogP contribution is 2.32. The van der Waals surface area contributed by atoms with Crippen LogP contribution in [0.4, 0.5) is 8.78 Å². The Bertz CT molecular complexity index is 1600. The number of benzene rings is 2. The smallest absolute Gasteiger partial charge is 0.257 e. The molecule has 2 aromatic carbocycles. The highest BCUT2D eigenvalue weighted by Gasteiger charge is 2.21. The summed E-state index contributed by atoms with van der Waals surface area (Å²) in [5.74, 6) is -1.27. The van der Waals surface area contributed by atoms with Gasteiger partial charge in [-0.05, 0) is 49.1 Å². The maximum atomic E-state index is 14.7. The summed E-state index contributed by atoms with van der Waals surface area (Å²) >= 11 is 2.71. The van der Waals surface area contributed by atoms with Gasteiger partial charge in [0.05, 0.1) is 12.2 Å². The number of carbonyl (C=O) groups excluding carboxylic acids is 1. The van der Waals surface area contributed by atoms with E-state index >= 15 is 0 Å². The average molecular weight is 524 g/mol. The van der Waals surface area contributed by atoms with Crippen LogP contribution in [-0.4, -0.2) is 44.2 Å². The van der Waals surface area contributed by atoms with Crippen molar-refractivity contribution < 1.29 is 13.6 Å². The summed E-state index contributed by atoms with van der Waals surface area (Å²) in [4.78, 5) is 39.1. The Morgan fingerprint density at radius 3 is 2.58 bits per heavy atom. The number of hydrogen-bond acceptors (Lipinski definition) is 7. The molecule has 36 heavy (non-hydrogen) atoms. The monoisotopic (exact) mass is 523 g/mol. The van der Waals surface area contributed by atoms with Crippen molar-refractivity contribution in [2.75, 3.05) is 18.6 Å². The Kier molecular flexibility index (Phi) is 6.59. The number of fused-ring (bicyclic) bond motifs is 1. The molecule has 5 rings (SSSR count). The lowest BCUT2D eigenvalue weighted by molar-refractivity contribution is 0.0978. The number of nitrogens with one attached hydrogen (secondary N) is 1. The number of aliphatic imine (C=N–C) groups is 1. The van der Waals surface area contributed by atoms with E-state index in [1.807, 2.05) is 6.92 Å². The molecule has 1 aliphatic rings. The van der Waals surface area contributed by atoms with Crippen LogP contribution in [0.5, 0.6) is 0 Å². The minimum absolute atomic E-state index is 0.0619. The first-order chi connectivity index (χ1) is 17.4. The van der Waals surface area contributed by atoms with Gasteiger partial charge in [0.15, 0.2) is 16.0 Å².